The van der Waals surface area contributed by atoms with Gasteiger partial charge in [-0.2, -0.15) is 0 Å². The van der Waals surface area contributed by atoms with Crippen LogP contribution in [0, 0.1) is 0 Å². The van der Waals surface area contributed by atoms with Crippen LogP contribution in [0.4, 0.5) is 34.1 Å². The summed E-state index contributed by atoms with van der Waals surface area (Å²) in [6.07, 6.45) is 0. The van der Waals surface area contributed by atoms with Crippen LogP contribution >= 0.6 is 0 Å². The molecule has 0 N–H and O–H groups in total. The van der Waals surface area contributed by atoms with Crippen LogP contribution in [-0.4, -0.2) is 8.42 Å². The maximum absolute atomic E-state index is 14.6. The summed E-state index contributed by atoms with van der Waals surface area (Å²) < 4.78 is 42.4. The molecule has 0 unspecified atom stereocenters. The van der Waals surface area contributed by atoms with E-state index in [0.29, 0.717) is 0 Å². The molecule has 0 atom stereocenters. The molecular weight excluding hydrogens is 869 g/mol. The summed E-state index contributed by atoms with van der Waals surface area (Å²) in [6.45, 7) is 0. The summed E-state index contributed by atoms with van der Waals surface area (Å²) in [7, 11) is -3.92. The van der Waals surface area contributed by atoms with Gasteiger partial charge >= 0.3 is 0 Å². The van der Waals surface area contributed by atoms with Gasteiger partial charge in [-0.15, -0.1) is 0 Å². The number of nitrogens with zero attached hydrogens (tertiary/aromatic N) is 2. The largest absolute Gasteiger partial charge is 0.457 e. The molecule has 4 heterocycles. The van der Waals surface area contributed by atoms with Crippen molar-refractivity contribution in [2.75, 3.05) is 9.80 Å². The molecule has 0 amide bonds. The molecular formula is C62H40N2O4S. The minimum atomic E-state index is -3.92. The maximum atomic E-state index is 14.6. The predicted molar refractivity (Wildman–Crippen MR) is 272 cm³/mol. The van der Waals surface area contributed by atoms with Gasteiger partial charge in [0.05, 0.1) is 43.4 Å². The Balaban J connectivity index is 0.842. The highest BCUT2D eigenvalue weighted by Gasteiger charge is 2.52. The molecule has 2 spiro atoms. The molecule has 4 aliphatic heterocycles. The zero-order chi connectivity index (χ0) is 45.9. The molecule has 6 nitrogen and oxygen atoms in total. The van der Waals surface area contributed by atoms with Gasteiger partial charge in [0, 0.05) is 33.6 Å². The quantitative estimate of drug-likeness (QED) is 0.175. The molecule has 328 valence electrons. The summed E-state index contributed by atoms with van der Waals surface area (Å²) >= 11 is 0. The standard InChI is InChI=1S/C62H40N2O4S/c65-69(66,43-37-33-41(34-38-43)63-53-25-9-1-17-45(53)61(46-18-2-10-26-54(46)63)49-21-5-13-29-57(49)67-58-30-14-6-22-50(58)61)44-39-35-42(36-40-44)64-55-27-11-3-19-47(55)62(48-20-4-12-28-56(48)64)51-23-7-15-31-59(51)68-60-32-16-8-24-52(60)62/h1-40H. The summed E-state index contributed by atoms with van der Waals surface area (Å²) in [5.74, 6) is 3.29. The molecule has 7 heteroatoms. The van der Waals surface area contributed by atoms with Gasteiger partial charge in [0.15, 0.2) is 0 Å². The average Bonchev–Trinajstić information content (AvgIpc) is 3.41. The van der Waals surface area contributed by atoms with Crippen molar-refractivity contribution in [3.8, 4) is 23.0 Å². The fraction of sp³-hybridized carbons (Fsp3) is 0.0323. The van der Waals surface area contributed by atoms with Crippen molar-refractivity contribution in [1.82, 2.24) is 0 Å². The first-order valence-corrected chi connectivity index (χ1v) is 24.6. The van der Waals surface area contributed by atoms with E-state index in [1.807, 2.05) is 72.8 Å². The lowest BCUT2D eigenvalue weighted by Crippen LogP contribution is -2.39. The Morgan fingerprint density at radius 2 is 0.507 bits per heavy atom. The molecule has 0 aliphatic carbocycles. The van der Waals surface area contributed by atoms with Crippen LogP contribution in [0.15, 0.2) is 252 Å². The Morgan fingerprint density at radius 3 is 0.783 bits per heavy atom. The Morgan fingerprint density at radius 1 is 0.275 bits per heavy atom. The van der Waals surface area contributed by atoms with Crippen molar-refractivity contribution >= 4 is 44.0 Å². The minimum Gasteiger partial charge on any atom is -0.457 e. The fourth-order valence-electron chi connectivity index (χ4n) is 11.9. The first-order valence-electron chi connectivity index (χ1n) is 23.2. The number of hydrogen-bond donors (Lipinski definition) is 0. The monoisotopic (exact) mass is 908 g/mol. The van der Waals surface area contributed by atoms with E-state index in [0.717, 1.165) is 102 Å². The van der Waals surface area contributed by atoms with Crippen molar-refractivity contribution in [1.29, 1.82) is 0 Å². The normalized spacial score (nSPS) is 14.9. The number of benzene rings is 10. The maximum Gasteiger partial charge on any atom is 0.206 e. The molecule has 14 rings (SSSR count). The first-order chi connectivity index (χ1) is 34.0. The highest BCUT2D eigenvalue weighted by atomic mass is 32.2. The summed E-state index contributed by atoms with van der Waals surface area (Å²) in [5, 5.41) is 0. The van der Waals surface area contributed by atoms with Gasteiger partial charge in [0.25, 0.3) is 0 Å². The molecule has 0 saturated heterocycles. The highest BCUT2D eigenvalue weighted by molar-refractivity contribution is 7.91. The van der Waals surface area contributed by atoms with Gasteiger partial charge in [0.2, 0.25) is 9.84 Å². The van der Waals surface area contributed by atoms with Crippen LogP contribution in [-0.2, 0) is 20.7 Å². The van der Waals surface area contributed by atoms with Crippen LogP contribution in [0.3, 0.4) is 0 Å². The summed E-state index contributed by atoms with van der Waals surface area (Å²) in [6, 6.07) is 81.9. The zero-order valence-corrected chi connectivity index (χ0v) is 37.8. The summed E-state index contributed by atoms with van der Waals surface area (Å²) in [5.41, 5.74) is 13.1. The van der Waals surface area contributed by atoms with E-state index in [-0.39, 0.29) is 9.79 Å². The van der Waals surface area contributed by atoms with Crippen molar-refractivity contribution in [3.05, 3.63) is 287 Å². The average molecular weight is 909 g/mol. The van der Waals surface area contributed by atoms with Gasteiger partial charge in [-0.3, -0.25) is 0 Å². The van der Waals surface area contributed by atoms with Crippen molar-refractivity contribution in [3.63, 3.8) is 0 Å². The second-order valence-electron chi connectivity index (χ2n) is 17.9. The van der Waals surface area contributed by atoms with Crippen LogP contribution < -0.4 is 19.3 Å². The van der Waals surface area contributed by atoms with E-state index >= 15 is 0 Å². The fourth-order valence-corrected chi connectivity index (χ4v) is 13.1. The van der Waals surface area contributed by atoms with E-state index < -0.39 is 20.7 Å². The topological polar surface area (TPSA) is 59.1 Å². The molecule has 0 aromatic heterocycles. The molecule has 69 heavy (non-hydrogen) atoms. The minimum absolute atomic E-state index is 0.216. The molecule has 10 aromatic carbocycles. The van der Waals surface area contributed by atoms with E-state index in [1.54, 1.807) is 24.3 Å². The zero-order valence-electron chi connectivity index (χ0n) is 37.0. The lowest BCUT2D eigenvalue weighted by Gasteiger charge is -2.48. The Kier molecular flexibility index (Phi) is 8.40. The predicted octanol–water partition coefficient (Wildman–Crippen LogP) is 15.1. The van der Waals surface area contributed by atoms with Crippen LogP contribution in [0.1, 0.15) is 44.5 Å². The first kappa shape index (κ1) is 39.5. The number of para-hydroxylation sites is 8. The van der Waals surface area contributed by atoms with E-state index in [1.165, 1.54) is 0 Å². The van der Waals surface area contributed by atoms with E-state index in [2.05, 4.69) is 155 Å². The third-order valence-corrected chi connectivity index (χ3v) is 16.4. The van der Waals surface area contributed by atoms with Crippen molar-refractivity contribution in [2.45, 2.75) is 20.6 Å². The Bertz CT molecular complexity index is 3410. The van der Waals surface area contributed by atoms with Gasteiger partial charge in [-0.25, -0.2) is 8.42 Å². The van der Waals surface area contributed by atoms with E-state index in [9.17, 15) is 8.42 Å². The third-order valence-electron chi connectivity index (χ3n) is 14.6. The number of anilines is 6. The van der Waals surface area contributed by atoms with Crippen LogP contribution in [0.2, 0.25) is 0 Å². The number of sulfone groups is 1. The lowest BCUT2D eigenvalue weighted by molar-refractivity contribution is 0.434. The second-order valence-corrected chi connectivity index (χ2v) is 19.9. The van der Waals surface area contributed by atoms with Crippen molar-refractivity contribution in [2.24, 2.45) is 0 Å². The molecule has 4 aliphatic rings. The number of rotatable bonds is 4. The van der Waals surface area contributed by atoms with Gasteiger partial charge in [0.1, 0.15) is 23.0 Å². The van der Waals surface area contributed by atoms with Gasteiger partial charge < -0.3 is 19.3 Å². The molecule has 0 saturated carbocycles. The second kappa shape index (κ2) is 14.7. The number of fused-ring (bicyclic) bond motifs is 16. The molecule has 0 fully saturated rings. The molecule has 10 aromatic rings. The van der Waals surface area contributed by atoms with Crippen molar-refractivity contribution < 1.29 is 17.9 Å². The summed E-state index contributed by atoms with van der Waals surface area (Å²) in [4.78, 5) is 4.93. The van der Waals surface area contributed by atoms with Gasteiger partial charge in [-0.1, -0.05) is 146 Å². The number of ether oxygens (including phenoxy) is 2. The Hall–Kier alpha value is -8.65. The van der Waals surface area contributed by atoms with Crippen LogP contribution in [0.25, 0.3) is 0 Å². The van der Waals surface area contributed by atoms with Crippen LogP contribution in [0.5, 0.6) is 23.0 Å². The van der Waals surface area contributed by atoms with Gasteiger partial charge in [-0.05, 0) is 119 Å². The highest BCUT2D eigenvalue weighted by Crippen LogP contribution is 2.64. The smallest absolute Gasteiger partial charge is 0.206 e. The van der Waals surface area contributed by atoms with E-state index in [4.69, 9.17) is 9.47 Å². The molecule has 0 radical (unpaired) electrons. The molecule has 0 bridgehead atoms. The lowest BCUT2D eigenvalue weighted by atomic mass is 9.61. The number of hydrogen-bond acceptors (Lipinski definition) is 6. The Labute approximate surface area is 400 Å². The SMILES string of the molecule is O=S(=O)(c1ccc(N2c3ccccc3C3(c4ccccc4Oc4ccccc43)c3ccccc32)cc1)c1ccc(N2c3ccccc3C3(c4ccccc4Oc4ccccc43)c3ccccc32)cc1. The third kappa shape index (κ3) is 5.33.